The van der Waals surface area contributed by atoms with Crippen LogP contribution in [0.25, 0.3) is 0 Å². The Kier molecular flexibility index (Phi) is 6.93. The molecular formula is C20H33NO3. The first-order valence-corrected chi connectivity index (χ1v) is 9.31. The summed E-state index contributed by atoms with van der Waals surface area (Å²) in [6.07, 6.45) is 4.85. The summed E-state index contributed by atoms with van der Waals surface area (Å²) in [7, 11) is 1.73. The predicted octanol–water partition coefficient (Wildman–Crippen LogP) is 4.41. The Balaban J connectivity index is 0.00000100. The Morgan fingerprint density at radius 2 is 1.88 bits per heavy atom. The van der Waals surface area contributed by atoms with E-state index in [4.69, 9.17) is 14.2 Å². The Labute approximate surface area is 147 Å². The number of rotatable bonds is 4. The largest absolute Gasteiger partial charge is 0.496 e. The Hall–Kier alpha value is -1.26. The van der Waals surface area contributed by atoms with E-state index in [9.17, 15) is 0 Å². The van der Waals surface area contributed by atoms with Crippen molar-refractivity contribution >= 4 is 5.69 Å². The van der Waals surface area contributed by atoms with Gasteiger partial charge in [-0.25, -0.2) is 0 Å². The molecule has 1 aromatic rings. The van der Waals surface area contributed by atoms with Crippen LogP contribution in [-0.2, 0) is 15.9 Å². The maximum atomic E-state index is 5.95. The summed E-state index contributed by atoms with van der Waals surface area (Å²) >= 11 is 0. The van der Waals surface area contributed by atoms with Crippen LogP contribution in [0, 0.1) is 0 Å². The van der Waals surface area contributed by atoms with E-state index in [1.165, 1.54) is 30.5 Å². The lowest BCUT2D eigenvalue weighted by Gasteiger charge is -2.29. The molecule has 3 rings (SSSR count). The van der Waals surface area contributed by atoms with Crippen molar-refractivity contribution in [3.63, 3.8) is 0 Å². The fraction of sp³-hybridized carbons (Fsp3) is 0.700. The lowest BCUT2D eigenvalue weighted by Crippen LogP contribution is -2.29. The highest BCUT2D eigenvalue weighted by Crippen LogP contribution is 2.31. The maximum absolute atomic E-state index is 5.95. The number of hydrogen-bond donors (Lipinski definition) is 0. The summed E-state index contributed by atoms with van der Waals surface area (Å²) in [5, 5.41) is 0. The van der Waals surface area contributed by atoms with Gasteiger partial charge in [-0.05, 0) is 56.9 Å². The minimum atomic E-state index is -0.470. The van der Waals surface area contributed by atoms with Crippen LogP contribution in [0.1, 0.15) is 52.5 Å². The third-order valence-electron chi connectivity index (χ3n) is 4.50. The lowest BCUT2D eigenvalue weighted by atomic mass is 10.0. The molecule has 1 aromatic carbocycles. The van der Waals surface area contributed by atoms with E-state index in [2.05, 4.69) is 23.1 Å². The second-order valence-electron chi connectivity index (χ2n) is 6.70. The van der Waals surface area contributed by atoms with Crippen molar-refractivity contribution in [2.75, 3.05) is 31.7 Å². The number of hydrogen-bond acceptors (Lipinski definition) is 4. The van der Waals surface area contributed by atoms with Crippen molar-refractivity contribution in [1.29, 1.82) is 0 Å². The molecule has 0 saturated carbocycles. The minimum absolute atomic E-state index is 0.0977. The first-order chi connectivity index (χ1) is 11.6. The van der Waals surface area contributed by atoms with Crippen molar-refractivity contribution in [3.05, 3.63) is 23.8 Å². The Bertz CT molecular complexity index is 510. The molecule has 0 N–H and O–H groups in total. The zero-order valence-corrected chi connectivity index (χ0v) is 15.9. The maximum Gasteiger partial charge on any atom is 0.163 e. The first-order valence-electron chi connectivity index (χ1n) is 9.31. The monoisotopic (exact) mass is 335 g/mol. The summed E-state index contributed by atoms with van der Waals surface area (Å²) in [5.41, 5.74) is 2.51. The van der Waals surface area contributed by atoms with Gasteiger partial charge in [0.15, 0.2) is 5.79 Å². The standard InChI is InChI=1S/C18H27NO3.C2H6/c1-18(2)21-13-16(22-18)12-14-11-15(7-8-17(14)20-3)19-9-5-4-6-10-19;1-2/h7-8,11,16H,4-6,9-10,12-13H2,1-3H3;1-2H3. The molecule has 2 saturated heterocycles. The van der Waals surface area contributed by atoms with Crippen molar-refractivity contribution in [2.45, 2.75) is 65.3 Å². The van der Waals surface area contributed by atoms with Crippen molar-refractivity contribution in [1.82, 2.24) is 0 Å². The number of nitrogens with zero attached hydrogens (tertiary/aromatic N) is 1. The topological polar surface area (TPSA) is 30.9 Å². The zero-order valence-electron chi connectivity index (χ0n) is 15.9. The summed E-state index contributed by atoms with van der Waals surface area (Å²) in [5.74, 6) is 0.469. The van der Waals surface area contributed by atoms with Gasteiger partial charge >= 0.3 is 0 Å². The van der Waals surface area contributed by atoms with E-state index in [0.29, 0.717) is 6.61 Å². The average molecular weight is 335 g/mol. The normalized spacial score (nSPS) is 22.7. The molecule has 0 radical (unpaired) electrons. The van der Waals surface area contributed by atoms with Gasteiger partial charge in [0, 0.05) is 25.2 Å². The van der Waals surface area contributed by atoms with Crippen molar-refractivity contribution in [3.8, 4) is 5.75 Å². The Morgan fingerprint density at radius 3 is 2.46 bits per heavy atom. The SMILES string of the molecule is CC.COc1ccc(N2CCCCC2)cc1CC1COC(C)(C)O1. The first kappa shape index (κ1) is 19.1. The highest BCUT2D eigenvalue weighted by atomic mass is 16.7. The molecule has 1 atom stereocenters. The summed E-state index contributed by atoms with van der Waals surface area (Å²) in [6, 6.07) is 6.52. The fourth-order valence-electron chi connectivity index (χ4n) is 3.38. The molecule has 2 heterocycles. The van der Waals surface area contributed by atoms with Gasteiger partial charge in [0.2, 0.25) is 0 Å². The van der Waals surface area contributed by atoms with Gasteiger partial charge < -0.3 is 19.1 Å². The third-order valence-corrected chi connectivity index (χ3v) is 4.50. The molecular weight excluding hydrogens is 302 g/mol. The number of benzene rings is 1. The van der Waals surface area contributed by atoms with Crippen LogP contribution >= 0.6 is 0 Å². The van der Waals surface area contributed by atoms with Gasteiger partial charge in [0.05, 0.1) is 19.8 Å². The van der Waals surface area contributed by atoms with Crippen LogP contribution in [-0.4, -0.2) is 38.7 Å². The average Bonchev–Trinajstić information content (AvgIpc) is 2.96. The molecule has 0 amide bonds. The van der Waals surface area contributed by atoms with Gasteiger partial charge in [-0.1, -0.05) is 13.8 Å². The molecule has 1 unspecified atom stereocenters. The van der Waals surface area contributed by atoms with Crippen LogP contribution in [0.15, 0.2) is 18.2 Å². The van der Waals surface area contributed by atoms with E-state index >= 15 is 0 Å². The molecule has 24 heavy (non-hydrogen) atoms. The summed E-state index contributed by atoms with van der Waals surface area (Å²) < 4.78 is 17.2. The van der Waals surface area contributed by atoms with E-state index in [1.54, 1.807) is 7.11 Å². The smallest absolute Gasteiger partial charge is 0.163 e. The second-order valence-corrected chi connectivity index (χ2v) is 6.70. The van der Waals surface area contributed by atoms with Crippen LogP contribution in [0.2, 0.25) is 0 Å². The van der Waals surface area contributed by atoms with E-state index in [-0.39, 0.29) is 6.10 Å². The number of anilines is 1. The van der Waals surface area contributed by atoms with Crippen LogP contribution in [0.3, 0.4) is 0 Å². The van der Waals surface area contributed by atoms with Gasteiger partial charge in [0.25, 0.3) is 0 Å². The van der Waals surface area contributed by atoms with Gasteiger partial charge in [-0.2, -0.15) is 0 Å². The quantitative estimate of drug-likeness (QED) is 0.816. The fourth-order valence-corrected chi connectivity index (χ4v) is 3.38. The molecule has 4 nitrogen and oxygen atoms in total. The molecule has 0 aromatic heterocycles. The van der Waals surface area contributed by atoms with E-state index < -0.39 is 5.79 Å². The number of piperidine rings is 1. The van der Waals surface area contributed by atoms with Crippen LogP contribution < -0.4 is 9.64 Å². The molecule has 0 aliphatic carbocycles. The minimum Gasteiger partial charge on any atom is -0.496 e. The van der Waals surface area contributed by atoms with Gasteiger partial charge in [0.1, 0.15) is 5.75 Å². The number of ether oxygens (including phenoxy) is 3. The molecule has 4 heteroatoms. The third kappa shape index (κ3) is 4.87. The molecule has 2 aliphatic heterocycles. The molecule has 0 spiro atoms. The predicted molar refractivity (Wildman–Crippen MR) is 99.0 cm³/mol. The van der Waals surface area contributed by atoms with Crippen molar-refractivity contribution in [2.24, 2.45) is 0 Å². The highest BCUT2D eigenvalue weighted by molar-refractivity contribution is 5.53. The van der Waals surface area contributed by atoms with E-state index in [1.807, 2.05) is 27.7 Å². The van der Waals surface area contributed by atoms with Crippen LogP contribution in [0.4, 0.5) is 5.69 Å². The molecule has 2 fully saturated rings. The summed E-state index contributed by atoms with van der Waals surface area (Å²) in [4.78, 5) is 2.47. The summed E-state index contributed by atoms with van der Waals surface area (Å²) in [6.45, 7) is 10.9. The lowest BCUT2D eigenvalue weighted by molar-refractivity contribution is -0.138. The van der Waals surface area contributed by atoms with Crippen LogP contribution in [0.5, 0.6) is 5.75 Å². The molecule has 2 aliphatic rings. The van der Waals surface area contributed by atoms with Crippen molar-refractivity contribution < 1.29 is 14.2 Å². The number of methoxy groups -OCH3 is 1. The van der Waals surface area contributed by atoms with Gasteiger partial charge in [-0.3, -0.25) is 0 Å². The van der Waals surface area contributed by atoms with E-state index in [0.717, 1.165) is 25.3 Å². The Morgan fingerprint density at radius 1 is 1.17 bits per heavy atom. The molecule has 0 bridgehead atoms. The highest BCUT2D eigenvalue weighted by Gasteiger charge is 2.33. The zero-order chi connectivity index (χ0) is 17.6. The van der Waals surface area contributed by atoms with Gasteiger partial charge in [-0.15, -0.1) is 0 Å². The molecule has 136 valence electrons. The second kappa shape index (κ2) is 8.72.